The van der Waals surface area contributed by atoms with Crippen LogP contribution in [0.5, 0.6) is 0 Å². The zero-order chi connectivity index (χ0) is 33.4. The highest BCUT2D eigenvalue weighted by Gasteiger charge is 2.56. The molecule has 254 valence electrons. The molecule has 1 unspecified atom stereocenters. The summed E-state index contributed by atoms with van der Waals surface area (Å²) in [6, 6.07) is 5.73. The smallest absolute Gasteiger partial charge is 0.410 e. The second-order valence-electron chi connectivity index (χ2n) is 16.2. The van der Waals surface area contributed by atoms with Crippen molar-refractivity contribution in [2.24, 2.45) is 5.41 Å². The van der Waals surface area contributed by atoms with Crippen LogP contribution in [0.15, 0.2) is 18.2 Å². The van der Waals surface area contributed by atoms with Gasteiger partial charge >= 0.3 is 6.18 Å². The topological polar surface area (TPSA) is 73.6 Å². The molecule has 0 amide bonds. The number of nitriles is 1. The number of halogens is 3. The number of hydrogen-bond acceptors (Lipinski definition) is 6. The number of alkyl halides is 3. The lowest BCUT2D eigenvalue weighted by molar-refractivity contribution is -0.138. The van der Waals surface area contributed by atoms with Gasteiger partial charge in [-0.1, -0.05) is 33.3 Å². The molecule has 1 aromatic heterocycles. The first-order valence-electron chi connectivity index (χ1n) is 17.4. The third kappa shape index (κ3) is 5.68. The van der Waals surface area contributed by atoms with Gasteiger partial charge in [0.2, 0.25) is 0 Å². The van der Waals surface area contributed by atoms with Gasteiger partial charge in [-0.15, -0.1) is 0 Å². The average molecular weight is 669 g/mol. The van der Waals surface area contributed by atoms with Gasteiger partial charge in [-0.2, -0.15) is 18.4 Å². The Morgan fingerprint density at radius 3 is 2.26 bits per heavy atom. The summed E-state index contributed by atoms with van der Waals surface area (Å²) in [6.07, 6.45) is 2.97. The van der Waals surface area contributed by atoms with Crippen LogP contribution in [0.4, 0.5) is 13.2 Å². The van der Waals surface area contributed by atoms with Crippen LogP contribution in [-0.2, 0) is 36.8 Å². The molecule has 2 saturated heterocycles. The maximum atomic E-state index is 13.9. The van der Waals surface area contributed by atoms with Gasteiger partial charge in [0.05, 0.1) is 34.6 Å². The van der Waals surface area contributed by atoms with E-state index in [1.54, 1.807) is 0 Å². The number of fused-ring (bicyclic) bond motifs is 4. The monoisotopic (exact) mass is 668 g/mol. The van der Waals surface area contributed by atoms with Gasteiger partial charge in [0, 0.05) is 62.0 Å². The van der Waals surface area contributed by atoms with Crippen molar-refractivity contribution in [3.63, 3.8) is 0 Å². The Labute approximate surface area is 277 Å². The number of nitrogens with zero attached hydrogens (tertiary/aromatic N) is 2. The van der Waals surface area contributed by atoms with E-state index in [1.165, 1.54) is 31.4 Å². The Morgan fingerprint density at radius 2 is 1.66 bits per heavy atom. The molecule has 0 radical (unpaired) electrons. The van der Waals surface area contributed by atoms with Crippen molar-refractivity contribution in [3.05, 3.63) is 63.0 Å². The van der Waals surface area contributed by atoms with Crippen molar-refractivity contribution in [1.82, 2.24) is 4.98 Å². The SMILES string of the molecule is CC(C)(C)[Si](C)(C)OC1CC2(CCC2)Cc2nc(C3CCOCC3)c3c(c21)C1(CCOCC1)O[C@@H]3c1ccc(C(F)(F)F)c(C#N)c1. The number of hydrogen-bond donors (Lipinski definition) is 0. The fourth-order valence-electron chi connectivity index (χ4n) is 8.53. The fraction of sp³-hybridized carbons (Fsp3) is 0.676. The van der Waals surface area contributed by atoms with Crippen molar-refractivity contribution < 1.29 is 31.8 Å². The standard InChI is InChI=1S/C37H47F3N2O4Si/c1-34(2,3)47(4,5)46-28-21-35(11-6-12-35)20-27-29(28)31-30(32(42-27)23-9-15-43-16-10-23)33(45-36(31)13-17-44-18-14-36)24-7-8-26(37(38,39)40)25(19-24)22-41/h7-8,19,23,28,33H,6,9-18,20-21H2,1-5H3/t28?,33-/m1/s1. The largest absolute Gasteiger partial charge is 0.417 e. The van der Waals surface area contributed by atoms with Gasteiger partial charge in [0.25, 0.3) is 0 Å². The summed E-state index contributed by atoms with van der Waals surface area (Å²) in [5.41, 5.74) is 4.16. The molecule has 2 aliphatic carbocycles. The summed E-state index contributed by atoms with van der Waals surface area (Å²) in [7, 11) is -2.22. The minimum atomic E-state index is -4.63. The lowest BCUT2D eigenvalue weighted by atomic mass is 9.58. The summed E-state index contributed by atoms with van der Waals surface area (Å²) in [4.78, 5) is 5.61. The third-order valence-corrected chi connectivity index (χ3v) is 16.7. The zero-order valence-electron chi connectivity index (χ0n) is 28.3. The second kappa shape index (κ2) is 11.7. The lowest BCUT2D eigenvalue weighted by Gasteiger charge is -2.51. The summed E-state index contributed by atoms with van der Waals surface area (Å²) in [6.45, 7) is 13.8. The predicted molar refractivity (Wildman–Crippen MR) is 173 cm³/mol. The maximum Gasteiger partial charge on any atom is 0.417 e. The highest BCUT2D eigenvalue weighted by atomic mass is 28.4. The Hall–Kier alpha value is -2.29. The number of pyridine rings is 1. The van der Waals surface area contributed by atoms with E-state index >= 15 is 0 Å². The molecule has 4 heterocycles. The summed E-state index contributed by atoms with van der Waals surface area (Å²) in [5, 5.41) is 9.86. The molecular weight excluding hydrogens is 621 g/mol. The number of benzene rings is 1. The van der Waals surface area contributed by atoms with E-state index in [9.17, 15) is 18.4 Å². The van der Waals surface area contributed by atoms with Gasteiger partial charge in [-0.05, 0) is 85.3 Å². The number of rotatable bonds is 4. The predicted octanol–water partition coefficient (Wildman–Crippen LogP) is 9.17. The van der Waals surface area contributed by atoms with E-state index in [-0.39, 0.29) is 22.5 Å². The molecule has 3 aliphatic heterocycles. The molecule has 6 nitrogen and oxygen atoms in total. The Bertz CT molecular complexity index is 1580. The van der Waals surface area contributed by atoms with Crippen LogP contribution in [0, 0.1) is 16.7 Å². The average Bonchev–Trinajstić information content (AvgIpc) is 3.32. The van der Waals surface area contributed by atoms with Gasteiger partial charge in [0.1, 0.15) is 6.10 Å². The Kier molecular flexibility index (Phi) is 8.24. The minimum Gasteiger partial charge on any atom is -0.410 e. The van der Waals surface area contributed by atoms with Crippen molar-refractivity contribution in [2.45, 2.75) is 127 Å². The van der Waals surface area contributed by atoms with Crippen molar-refractivity contribution >= 4 is 8.32 Å². The first-order valence-corrected chi connectivity index (χ1v) is 20.3. The third-order valence-electron chi connectivity index (χ3n) is 12.3. The molecular formula is C37H47F3N2O4Si. The Balaban J connectivity index is 1.48. The van der Waals surface area contributed by atoms with Crippen LogP contribution >= 0.6 is 0 Å². The highest BCUT2D eigenvalue weighted by Crippen LogP contribution is 2.62. The summed E-state index contributed by atoms with van der Waals surface area (Å²) < 4.78 is 68.0. The summed E-state index contributed by atoms with van der Waals surface area (Å²) >= 11 is 0. The van der Waals surface area contributed by atoms with Gasteiger partial charge in [-0.25, -0.2) is 0 Å². The molecule has 2 spiro atoms. The van der Waals surface area contributed by atoms with Crippen molar-refractivity contribution in [2.75, 3.05) is 26.4 Å². The lowest BCUT2D eigenvalue weighted by Crippen LogP contribution is -2.47. The molecule has 47 heavy (non-hydrogen) atoms. The molecule has 5 aliphatic rings. The maximum absolute atomic E-state index is 13.9. The molecule has 1 aromatic carbocycles. The van der Waals surface area contributed by atoms with E-state index in [1.807, 2.05) is 6.07 Å². The van der Waals surface area contributed by atoms with Crippen LogP contribution < -0.4 is 0 Å². The van der Waals surface area contributed by atoms with E-state index in [0.717, 1.165) is 59.8 Å². The first kappa shape index (κ1) is 33.2. The van der Waals surface area contributed by atoms with Crippen LogP contribution in [0.2, 0.25) is 18.1 Å². The highest BCUT2D eigenvalue weighted by molar-refractivity contribution is 6.74. The molecule has 10 heteroatoms. The summed E-state index contributed by atoms with van der Waals surface area (Å²) in [5.74, 6) is 0.146. The van der Waals surface area contributed by atoms with E-state index < -0.39 is 37.3 Å². The van der Waals surface area contributed by atoms with E-state index in [0.29, 0.717) is 44.8 Å². The van der Waals surface area contributed by atoms with Crippen LogP contribution in [0.25, 0.3) is 0 Å². The van der Waals surface area contributed by atoms with Crippen LogP contribution in [-0.4, -0.2) is 39.7 Å². The normalized spacial score (nSPS) is 25.7. The van der Waals surface area contributed by atoms with Crippen molar-refractivity contribution in [1.29, 1.82) is 5.26 Å². The molecule has 7 rings (SSSR count). The first-order chi connectivity index (χ1) is 22.2. The molecule has 3 fully saturated rings. The van der Waals surface area contributed by atoms with Gasteiger partial charge < -0.3 is 18.6 Å². The van der Waals surface area contributed by atoms with E-state index in [2.05, 4.69) is 33.9 Å². The quantitative estimate of drug-likeness (QED) is 0.303. The molecule has 2 aromatic rings. The molecule has 0 N–H and O–H groups in total. The minimum absolute atomic E-state index is 0.0132. The zero-order valence-corrected chi connectivity index (χ0v) is 29.3. The van der Waals surface area contributed by atoms with Crippen LogP contribution in [0.1, 0.15) is 135 Å². The Morgan fingerprint density at radius 1 is 0.979 bits per heavy atom. The van der Waals surface area contributed by atoms with Crippen molar-refractivity contribution in [3.8, 4) is 6.07 Å². The molecule has 2 atom stereocenters. The van der Waals surface area contributed by atoms with Gasteiger partial charge in [-0.3, -0.25) is 4.98 Å². The number of aromatic nitrogens is 1. The number of ether oxygens (including phenoxy) is 3. The van der Waals surface area contributed by atoms with Crippen LogP contribution in [0.3, 0.4) is 0 Å². The molecule has 0 bridgehead atoms. The van der Waals surface area contributed by atoms with E-state index in [4.69, 9.17) is 23.6 Å². The fourth-order valence-corrected chi connectivity index (χ4v) is 9.79. The second-order valence-corrected chi connectivity index (χ2v) is 20.9. The molecule has 1 saturated carbocycles. The van der Waals surface area contributed by atoms with Gasteiger partial charge in [0.15, 0.2) is 8.32 Å².